The summed E-state index contributed by atoms with van der Waals surface area (Å²) in [4.78, 5) is 2.53. The molecule has 1 heteroatoms. The van der Waals surface area contributed by atoms with Gasteiger partial charge in [0.05, 0.1) is 0 Å². The largest absolute Gasteiger partial charge is 0.310 e. The van der Waals surface area contributed by atoms with Gasteiger partial charge in [-0.2, -0.15) is 0 Å². The molecule has 0 amide bonds. The molecule has 0 spiro atoms. The standard InChI is InChI=1S/C58H55N/c1-58(2)56-38-47(33-34-52(56)54-26-14-25-53(57(54)58)51-24-12-11-22-49(51)41-17-7-4-8-18-41)59(45-31-29-42(30-32-45)55-36-39-27-28-44(55)35-39)46-20-13-19-43(37-46)50-23-10-9-21-48(50)40-15-5-3-6-16-40/h4,7-14,17-26,29-34,37-40,44,55H,3,5-6,15-16,27-28,35-36H2,1-2H3. The lowest BCUT2D eigenvalue weighted by Crippen LogP contribution is -2.18. The van der Waals surface area contributed by atoms with E-state index in [1.54, 1.807) is 0 Å². The predicted molar refractivity (Wildman–Crippen MR) is 249 cm³/mol. The van der Waals surface area contributed by atoms with Crippen LogP contribution >= 0.6 is 0 Å². The Kier molecular flexibility index (Phi) is 9.18. The third kappa shape index (κ3) is 6.37. The average Bonchev–Trinajstić information content (AvgIpc) is 4.00. The van der Waals surface area contributed by atoms with Crippen LogP contribution in [0.3, 0.4) is 0 Å². The van der Waals surface area contributed by atoms with Crippen LogP contribution in [0.25, 0.3) is 44.5 Å². The lowest BCUT2D eigenvalue weighted by Gasteiger charge is -2.30. The van der Waals surface area contributed by atoms with Gasteiger partial charge >= 0.3 is 0 Å². The van der Waals surface area contributed by atoms with Crippen LogP contribution in [0.15, 0.2) is 164 Å². The molecule has 59 heavy (non-hydrogen) atoms. The molecule has 3 fully saturated rings. The molecular formula is C58H55N. The van der Waals surface area contributed by atoms with E-state index in [4.69, 9.17) is 0 Å². The molecule has 0 aliphatic heterocycles. The van der Waals surface area contributed by atoms with E-state index in [2.05, 4.69) is 183 Å². The summed E-state index contributed by atoms with van der Waals surface area (Å²) in [5, 5.41) is 0. The van der Waals surface area contributed by atoms with Crippen molar-refractivity contribution >= 4 is 17.1 Å². The monoisotopic (exact) mass is 765 g/mol. The first-order chi connectivity index (χ1) is 29.0. The van der Waals surface area contributed by atoms with Gasteiger partial charge in [0.2, 0.25) is 0 Å². The van der Waals surface area contributed by atoms with E-state index in [1.165, 1.54) is 142 Å². The molecule has 0 heterocycles. The van der Waals surface area contributed by atoms with Crippen molar-refractivity contribution in [1.29, 1.82) is 0 Å². The van der Waals surface area contributed by atoms with Gasteiger partial charge in [0.15, 0.2) is 0 Å². The maximum absolute atomic E-state index is 2.53. The highest BCUT2D eigenvalue weighted by molar-refractivity contribution is 5.94. The van der Waals surface area contributed by atoms with Crippen LogP contribution < -0.4 is 4.90 Å². The van der Waals surface area contributed by atoms with Crippen LogP contribution in [0.5, 0.6) is 0 Å². The second-order valence-electron chi connectivity index (χ2n) is 18.7. The first-order valence-corrected chi connectivity index (χ1v) is 22.5. The maximum atomic E-state index is 2.53. The molecule has 0 N–H and O–H groups in total. The van der Waals surface area contributed by atoms with E-state index in [-0.39, 0.29) is 5.41 Å². The molecule has 7 aromatic rings. The van der Waals surface area contributed by atoms with Gasteiger partial charge in [0.1, 0.15) is 0 Å². The molecule has 0 aromatic heterocycles. The molecular weight excluding hydrogens is 711 g/mol. The molecule has 4 aliphatic rings. The molecule has 7 aromatic carbocycles. The highest BCUT2D eigenvalue weighted by atomic mass is 15.1. The van der Waals surface area contributed by atoms with Gasteiger partial charge in [0, 0.05) is 22.5 Å². The number of hydrogen-bond acceptors (Lipinski definition) is 1. The number of nitrogens with zero attached hydrogens (tertiary/aromatic N) is 1. The van der Waals surface area contributed by atoms with Crippen LogP contribution in [-0.4, -0.2) is 0 Å². The van der Waals surface area contributed by atoms with Crippen LogP contribution in [0, 0.1) is 11.8 Å². The first kappa shape index (κ1) is 36.4. The fourth-order valence-electron chi connectivity index (χ4n) is 12.1. The van der Waals surface area contributed by atoms with Gasteiger partial charge in [-0.1, -0.05) is 167 Å². The SMILES string of the molecule is CC1(C)c2cc(N(c3ccc(C4CC5CCC4C5)cc3)c3cccc(-c4ccccc4C4CCCCC4)c3)ccc2-c2cccc(-c3ccccc3-c3ccccc3)c21. The van der Waals surface area contributed by atoms with Crippen molar-refractivity contribution in [3.05, 3.63) is 186 Å². The minimum atomic E-state index is -0.209. The summed E-state index contributed by atoms with van der Waals surface area (Å²) >= 11 is 0. The van der Waals surface area contributed by atoms with Crippen molar-refractivity contribution in [3.8, 4) is 44.5 Å². The van der Waals surface area contributed by atoms with Crippen molar-refractivity contribution < 1.29 is 0 Å². The Morgan fingerprint density at radius 3 is 1.86 bits per heavy atom. The maximum Gasteiger partial charge on any atom is 0.0467 e. The number of rotatable bonds is 8. The molecule has 1 nitrogen and oxygen atoms in total. The Morgan fingerprint density at radius 1 is 0.458 bits per heavy atom. The summed E-state index contributed by atoms with van der Waals surface area (Å²) < 4.78 is 0. The highest BCUT2D eigenvalue weighted by Crippen LogP contribution is 2.56. The van der Waals surface area contributed by atoms with E-state index < -0.39 is 0 Å². The summed E-state index contributed by atoms with van der Waals surface area (Å²) in [6.07, 6.45) is 12.3. The Hall–Kier alpha value is -5.66. The van der Waals surface area contributed by atoms with Crippen molar-refractivity contribution in [2.45, 2.75) is 88.9 Å². The van der Waals surface area contributed by atoms with Crippen LogP contribution in [0.2, 0.25) is 0 Å². The second kappa shape index (κ2) is 14.9. The third-order valence-electron chi connectivity index (χ3n) is 15.0. The van der Waals surface area contributed by atoms with Crippen molar-refractivity contribution in [2.24, 2.45) is 11.8 Å². The Bertz CT molecular complexity index is 2640. The van der Waals surface area contributed by atoms with E-state index in [0.717, 1.165) is 17.8 Å². The minimum absolute atomic E-state index is 0.209. The molecule has 3 saturated carbocycles. The summed E-state index contributed by atoms with van der Waals surface area (Å²) in [5.74, 6) is 3.17. The van der Waals surface area contributed by atoms with Gasteiger partial charge < -0.3 is 4.90 Å². The van der Waals surface area contributed by atoms with Crippen molar-refractivity contribution in [1.82, 2.24) is 0 Å². The Labute approximate surface area is 351 Å². The molecule has 3 atom stereocenters. The van der Waals surface area contributed by atoms with E-state index in [0.29, 0.717) is 5.92 Å². The zero-order valence-electron chi connectivity index (χ0n) is 34.7. The van der Waals surface area contributed by atoms with Crippen LogP contribution in [-0.2, 0) is 5.41 Å². The molecule has 11 rings (SSSR count). The van der Waals surface area contributed by atoms with Crippen LogP contribution in [0.4, 0.5) is 17.1 Å². The van der Waals surface area contributed by atoms with Crippen LogP contribution in [0.1, 0.15) is 106 Å². The Morgan fingerprint density at radius 2 is 1.10 bits per heavy atom. The lowest BCUT2D eigenvalue weighted by atomic mass is 9.78. The molecule has 0 saturated heterocycles. The van der Waals surface area contributed by atoms with Crippen molar-refractivity contribution in [2.75, 3.05) is 4.90 Å². The molecule has 292 valence electrons. The van der Waals surface area contributed by atoms with E-state index >= 15 is 0 Å². The fourth-order valence-corrected chi connectivity index (χ4v) is 12.1. The Balaban J connectivity index is 1.02. The minimum Gasteiger partial charge on any atom is -0.310 e. The smallest absolute Gasteiger partial charge is 0.0467 e. The summed E-state index contributed by atoms with van der Waals surface area (Å²) in [6.45, 7) is 4.88. The number of hydrogen-bond donors (Lipinski definition) is 0. The molecule has 3 unspecified atom stereocenters. The summed E-state index contributed by atoms with van der Waals surface area (Å²) in [6, 6.07) is 62.4. The second-order valence-corrected chi connectivity index (χ2v) is 18.7. The van der Waals surface area contributed by atoms with Gasteiger partial charge in [-0.05, 0) is 159 Å². The topological polar surface area (TPSA) is 3.24 Å². The van der Waals surface area contributed by atoms with E-state index in [1.807, 2.05) is 0 Å². The zero-order valence-corrected chi connectivity index (χ0v) is 34.7. The van der Waals surface area contributed by atoms with Gasteiger partial charge in [-0.25, -0.2) is 0 Å². The normalized spacial score (nSPS) is 20.3. The fraction of sp³-hybridized carbons (Fsp3) is 0.276. The first-order valence-electron chi connectivity index (χ1n) is 22.5. The van der Waals surface area contributed by atoms with E-state index in [9.17, 15) is 0 Å². The highest BCUT2D eigenvalue weighted by Gasteiger charge is 2.41. The van der Waals surface area contributed by atoms with Gasteiger partial charge in [0.25, 0.3) is 0 Å². The number of benzene rings is 7. The molecule has 2 bridgehead atoms. The quantitative estimate of drug-likeness (QED) is 0.149. The van der Waals surface area contributed by atoms with Gasteiger partial charge in [-0.15, -0.1) is 0 Å². The summed E-state index contributed by atoms with van der Waals surface area (Å²) in [5.41, 5.74) is 19.8. The molecule has 4 aliphatic carbocycles. The summed E-state index contributed by atoms with van der Waals surface area (Å²) in [7, 11) is 0. The zero-order chi connectivity index (χ0) is 39.5. The van der Waals surface area contributed by atoms with Gasteiger partial charge in [-0.3, -0.25) is 0 Å². The predicted octanol–water partition coefficient (Wildman–Crippen LogP) is 16.4. The molecule has 0 radical (unpaired) electrons. The number of fused-ring (bicyclic) bond motifs is 5. The number of anilines is 3. The lowest BCUT2D eigenvalue weighted by molar-refractivity contribution is 0.420. The third-order valence-corrected chi connectivity index (χ3v) is 15.0. The van der Waals surface area contributed by atoms with Crippen molar-refractivity contribution in [3.63, 3.8) is 0 Å². The average molecular weight is 766 g/mol.